The summed E-state index contributed by atoms with van der Waals surface area (Å²) in [7, 11) is 0. The van der Waals surface area contributed by atoms with E-state index in [2.05, 4.69) is 0 Å². The number of hydrogen-bond donors (Lipinski definition) is 3. The minimum atomic E-state index is -1.73. The lowest BCUT2D eigenvalue weighted by Crippen LogP contribution is -2.68. The predicted molar refractivity (Wildman–Crippen MR) is 53.4 cm³/mol. The fourth-order valence-corrected chi connectivity index (χ4v) is 1.31. The summed E-state index contributed by atoms with van der Waals surface area (Å²) in [4.78, 5) is 10.1. The van der Waals surface area contributed by atoms with Crippen LogP contribution in [0.25, 0.3) is 0 Å². The van der Waals surface area contributed by atoms with Crippen molar-refractivity contribution < 1.29 is 14.4 Å². The van der Waals surface area contributed by atoms with Crippen LogP contribution in [0.2, 0.25) is 0 Å². The lowest BCUT2D eigenvalue weighted by Gasteiger charge is -2.23. The van der Waals surface area contributed by atoms with Crippen molar-refractivity contribution in [3.63, 3.8) is 0 Å². The number of nitrogens with zero attached hydrogens (tertiary/aromatic N) is 1. The zero-order valence-corrected chi connectivity index (χ0v) is 8.12. The number of benzene rings is 1. The van der Waals surface area contributed by atoms with Crippen LogP contribution in [0.15, 0.2) is 18.2 Å². The van der Waals surface area contributed by atoms with Crippen molar-refractivity contribution in [1.29, 1.82) is 0 Å². The Bertz CT molecular complexity index is 442. The van der Waals surface area contributed by atoms with Crippen LogP contribution in [-0.4, -0.2) is 17.0 Å². The molecule has 0 saturated heterocycles. The summed E-state index contributed by atoms with van der Waals surface area (Å²) in [6.45, 7) is 0. The second kappa shape index (κ2) is 3.30. The Kier molecular flexibility index (Phi) is 2.19. The van der Waals surface area contributed by atoms with Gasteiger partial charge in [-0.05, 0) is 6.07 Å². The highest BCUT2D eigenvalue weighted by Gasteiger charge is 2.40. The zero-order valence-electron chi connectivity index (χ0n) is 8.12. The molecule has 0 aliphatic carbocycles. The molecule has 1 atom stereocenters. The van der Waals surface area contributed by atoms with Crippen LogP contribution in [0.5, 0.6) is 11.5 Å². The summed E-state index contributed by atoms with van der Waals surface area (Å²) in [5, 5.41) is 10.7. The molecular formula is C8H10N4O4. The number of nitro groups is 1. The van der Waals surface area contributed by atoms with E-state index >= 15 is 0 Å². The molecule has 16 heavy (non-hydrogen) atoms. The molecule has 0 aromatic heterocycles. The van der Waals surface area contributed by atoms with Gasteiger partial charge in [0.2, 0.25) is 5.75 Å². The van der Waals surface area contributed by atoms with Gasteiger partial charge in [0.15, 0.2) is 11.5 Å². The number of nitro benzene ring substituents is 1. The molecule has 0 radical (unpaired) electrons. The van der Waals surface area contributed by atoms with E-state index < -0.39 is 17.0 Å². The van der Waals surface area contributed by atoms with Crippen LogP contribution < -0.4 is 26.7 Å². The monoisotopic (exact) mass is 226 g/mol. The summed E-state index contributed by atoms with van der Waals surface area (Å²) in [6, 6.07) is 4.26. The molecule has 1 heterocycles. The van der Waals surface area contributed by atoms with Crippen molar-refractivity contribution in [2.75, 3.05) is 0 Å². The van der Waals surface area contributed by atoms with Crippen molar-refractivity contribution >= 4 is 5.69 Å². The third kappa shape index (κ3) is 1.65. The number of nitrogens with two attached hydrogens (primary N) is 3. The van der Waals surface area contributed by atoms with Crippen LogP contribution >= 0.6 is 0 Å². The van der Waals surface area contributed by atoms with E-state index in [0.717, 1.165) is 0 Å². The Morgan fingerprint density at radius 1 is 1.31 bits per heavy atom. The molecule has 0 bridgehead atoms. The molecule has 6 N–H and O–H groups in total. The summed E-state index contributed by atoms with van der Waals surface area (Å²) >= 11 is 0. The van der Waals surface area contributed by atoms with E-state index in [1.54, 1.807) is 0 Å². The zero-order chi connectivity index (χ0) is 11.9. The van der Waals surface area contributed by atoms with E-state index in [9.17, 15) is 10.1 Å². The Morgan fingerprint density at radius 2 is 2.00 bits per heavy atom. The molecule has 0 fully saturated rings. The van der Waals surface area contributed by atoms with Gasteiger partial charge in [0.05, 0.1) is 4.92 Å². The standard InChI is InChI=1S/C8H10N4O4/c9-8(10,11)7-15-5-3-1-2-4(12(13)14)6(5)16-7/h1-3,7H,9-11H2. The highest BCUT2D eigenvalue weighted by atomic mass is 16.7. The highest BCUT2D eigenvalue weighted by molar-refractivity contribution is 5.57. The maximum absolute atomic E-state index is 10.7. The summed E-state index contributed by atoms with van der Waals surface area (Å²) in [6.07, 6.45) is -1.15. The largest absolute Gasteiger partial charge is 0.446 e. The highest BCUT2D eigenvalue weighted by Crippen LogP contribution is 2.42. The molecule has 0 saturated carbocycles. The Balaban J connectivity index is 2.38. The summed E-state index contributed by atoms with van der Waals surface area (Å²) in [5.74, 6) is -1.54. The molecule has 8 nitrogen and oxygen atoms in total. The van der Waals surface area contributed by atoms with Crippen LogP contribution in [0.3, 0.4) is 0 Å². The van der Waals surface area contributed by atoms with Gasteiger partial charge in [-0.15, -0.1) is 0 Å². The third-order valence-electron chi connectivity index (χ3n) is 2.02. The van der Waals surface area contributed by atoms with E-state index in [1.165, 1.54) is 18.2 Å². The molecule has 1 unspecified atom stereocenters. The number of hydrogen-bond acceptors (Lipinski definition) is 7. The van der Waals surface area contributed by atoms with Gasteiger partial charge >= 0.3 is 5.69 Å². The fraction of sp³-hybridized carbons (Fsp3) is 0.250. The van der Waals surface area contributed by atoms with Crippen molar-refractivity contribution in [2.45, 2.75) is 12.1 Å². The van der Waals surface area contributed by atoms with Gasteiger partial charge in [0, 0.05) is 6.07 Å². The predicted octanol–water partition coefficient (Wildman–Crippen LogP) is -0.778. The number of ether oxygens (including phenoxy) is 2. The number of fused-ring (bicyclic) bond motifs is 1. The molecule has 1 aromatic carbocycles. The first-order valence-corrected chi connectivity index (χ1v) is 4.37. The minimum absolute atomic E-state index is 0.0109. The van der Waals surface area contributed by atoms with Crippen LogP contribution in [0, 0.1) is 10.1 Å². The summed E-state index contributed by atoms with van der Waals surface area (Å²) < 4.78 is 10.3. The molecule has 1 aliphatic rings. The van der Waals surface area contributed by atoms with Gasteiger partial charge in [-0.2, -0.15) is 0 Å². The van der Waals surface area contributed by atoms with Crippen LogP contribution in [0.1, 0.15) is 0 Å². The van der Waals surface area contributed by atoms with Gasteiger partial charge in [-0.25, -0.2) is 0 Å². The fourth-order valence-electron chi connectivity index (χ4n) is 1.31. The van der Waals surface area contributed by atoms with Crippen molar-refractivity contribution in [3.05, 3.63) is 28.3 Å². The average Bonchev–Trinajstić information content (AvgIpc) is 2.59. The second-order valence-corrected chi connectivity index (χ2v) is 3.43. The quantitative estimate of drug-likeness (QED) is 0.341. The van der Waals surface area contributed by atoms with Crippen molar-refractivity contribution in [2.24, 2.45) is 17.2 Å². The molecular weight excluding hydrogens is 216 g/mol. The van der Waals surface area contributed by atoms with Crippen LogP contribution in [0.4, 0.5) is 5.69 Å². The molecule has 1 aliphatic heterocycles. The normalized spacial score (nSPS) is 18.6. The van der Waals surface area contributed by atoms with E-state index in [4.69, 9.17) is 26.7 Å². The lowest BCUT2D eigenvalue weighted by atomic mass is 10.3. The van der Waals surface area contributed by atoms with E-state index in [1.807, 2.05) is 0 Å². The van der Waals surface area contributed by atoms with Gasteiger partial charge in [0.25, 0.3) is 6.29 Å². The van der Waals surface area contributed by atoms with Gasteiger partial charge in [-0.3, -0.25) is 27.3 Å². The van der Waals surface area contributed by atoms with Gasteiger partial charge in [0.1, 0.15) is 0 Å². The molecule has 0 amide bonds. The van der Waals surface area contributed by atoms with Crippen molar-refractivity contribution in [1.82, 2.24) is 0 Å². The molecule has 1 aromatic rings. The SMILES string of the molecule is NC(N)(N)C1Oc2cccc([N+](=O)[O-])c2O1. The minimum Gasteiger partial charge on any atom is -0.446 e. The number of rotatable bonds is 2. The smallest absolute Gasteiger partial charge is 0.315 e. The Labute approximate surface area is 90.1 Å². The first kappa shape index (κ1) is 10.6. The molecule has 0 spiro atoms. The Hall–Kier alpha value is -1.90. The number of para-hydroxylation sites is 1. The second-order valence-electron chi connectivity index (χ2n) is 3.43. The maximum atomic E-state index is 10.7. The summed E-state index contributed by atoms with van der Waals surface area (Å²) in [5.41, 5.74) is 15.9. The third-order valence-corrected chi connectivity index (χ3v) is 2.02. The van der Waals surface area contributed by atoms with E-state index in [0.29, 0.717) is 0 Å². The van der Waals surface area contributed by atoms with E-state index in [-0.39, 0.29) is 17.2 Å². The molecule has 86 valence electrons. The molecule has 2 rings (SSSR count). The van der Waals surface area contributed by atoms with Crippen LogP contribution in [-0.2, 0) is 0 Å². The Morgan fingerprint density at radius 3 is 2.56 bits per heavy atom. The average molecular weight is 226 g/mol. The molecule has 8 heteroatoms. The first-order valence-electron chi connectivity index (χ1n) is 4.37. The first-order chi connectivity index (χ1) is 7.39. The lowest BCUT2D eigenvalue weighted by molar-refractivity contribution is -0.385. The van der Waals surface area contributed by atoms with Crippen molar-refractivity contribution in [3.8, 4) is 11.5 Å². The maximum Gasteiger partial charge on any atom is 0.315 e. The van der Waals surface area contributed by atoms with Gasteiger partial charge in [-0.1, -0.05) is 6.07 Å². The van der Waals surface area contributed by atoms with Gasteiger partial charge < -0.3 is 9.47 Å². The topological polar surface area (TPSA) is 140 Å².